The summed E-state index contributed by atoms with van der Waals surface area (Å²) in [6.45, 7) is 2.08. The first-order valence-electron chi connectivity index (χ1n) is 9.36. The van der Waals surface area contributed by atoms with Crippen LogP contribution < -0.4 is 0 Å². The van der Waals surface area contributed by atoms with Crippen LogP contribution in [0.5, 0.6) is 0 Å². The summed E-state index contributed by atoms with van der Waals surface area (Å²) in [6, 6.07) is 15.6. The highest BCUT2D eigenvalue weighted by molar-refractivity contribution is 7.88. The molecule has 0 bridgehead atoms. The molecule has 0 saturated carbocycles. The molecule has 6 nitrogen and oxygen atoms in total. The summed E-state index contributed by atoms with van der Waals surface area (Å²) < 4.78 is 32.1. The molecule has 1 heterocycles. The summed E-state index contributed by atoms with van der Waals surface area (Å²) in [6.07, 6.45) is 3.94. The van der Waals surface area contributed by atoms with E-state index < -0.39 is 10.0 Å². The van der Waals surface area contributed by atoms with Crippen molar-refractivity contribution >= 4 is 10.0 Å². The highest BCUT2D eigenvalue weighted by Gasteiger charge is 2.33. The number of hydrogen-bond donors (Lipinski definition) is 0. The summed E-state index contributed by atoms with van der Waals surface area (Å²) in [5.74, 6) is 0.761. The van der Waals surface area contributed by atoms with Gasteiger partial charge in [-0.15, -0.1) is 0 Å². The van der Waals surface area contributed by atoms with Gasteiger partial charge in [0.05, 0.1) is 18.8 Å². The minimum Gasteiger partial charge on any atom is -0.338 e. The quantitative estimate of drug-likeness (QED) is 0.653. The van der Waals surface area contributed by atoms with Crippen LogP contribution in [-0.4, -0.2) is 29.1 Å². The Morgan fingerprint density at radius 3 is 2.64 bits per heavy atom. The maximum absolute atomic E-state index is 12.6. The second-order valence-electron chi connectivity index (χ2n) is 7.29. The highest BCUT2D eigenvalue weighted by Crippen LogP contribution is 2.36. The summed E-state index contributed by atoms with van der Waals surface area (Å²) in [7, 11) is -3.46. The van der Waals surface area contributed by atoms with Gasteiger partial charge in [0.2, 0.25) is 21.7 Å². The Hall–Kier alpha value is -2.51. The molecule has 28 heavy (non-hydrogen) atoms. The normalized spacial score (nSPS) is 16.9. The van der Waals surface area contributed by atoms with Gasteiger partial charge in [-0.1, -0.05) is 59.3 Å². The molecule has 3 aromatic rings. The van der Waals surface area contributed by atoms with Crippen molar-refractivity contribution in [3.63, 3.8) is 0 Å². The fourth-order valence-corrected chi connectivity index (χ4v) is 4.78. The lowest BCUT2D eigenvalue weighted by molar-refractivity contribution is 0.251. The number of nitrogens with zero attached hydrogens (tertiary/aromatic N) is 3. The molecule has 1 aliphatic rings. The number of aromatic nitrogens is 2. The topological polar surface area (TPSA) is 76.3 Å². The summed E-state index contributed by atoms with van der Waals surface area (Å²) in [5, 5.41) is 4.03. The van der Waals surface area contributed by atoms with Crippen LogP contribution in [0.25, 0.3) is 11.4 Å². The van der Waals surface area contributed by atoms with Gasteiger partial charge in [-0.05, 0) is 37.3 Å². The van der Waals surface area contributed by atoms with E-state index >= 15 is 0 Å². The van der Waals surface area contributed by atoms with Crippen LogP contribution in [0.2, 0.25) is 0 Å². The third-order valence-electron chi connectivity index (χ3n) is 5.18. The Morgan fingerprint density at radius 1 is 1.14 bits per heavy atom. The van der Waals surface area contributed by atoms with Gasteiger partial charge < -0.3 is 4.52 Å². The maximum Gasteiger partial charge on any atom is 0.242 e. The van der Waals surface area contributed by atoms with Crippen LogP contribution in [0.1, 0.15) is 41.5 Å². The molecule has 0 saturated heterocycles. The van der Waals surface area contributed by atoms with Crippen LogP contribution in [0.4, 0.5) is 0 Å². The molecular weight excluding hydrogens is 374 g/mol. The zero-order chi connectivity index (χ0) is 19.7. The van der Waals surface area contributed by atoms with Gasteiger partial charge in [0.25, 0.3) is 0 Å². The fraction of sp³-hybridized carbons (Fsp3) is 0.333. The van der Waals surface area contributed by atoms with Crippen LogP contribution in [0.3, 0.4) is 0 Å². The van der Waals surface area contributed by atoms with Gasteiger partial charge in [0.15, 0.2) is 0 Å². The Kier molecular flexibility index (Phi) is 5.03. The minimum atomic E-state index is -3.46. The smallest absolute Gasteiger partial charge is 0.242 e. The Bertz CT molecular complexity index is 1070. The predicted octanol–water partition coefficient (Wildman–Crippen LogP) is 3.88. The van der Waals surface area contributed by atoms with E-state index in [1.165, 1.54) is 16.1 Å². The Labute approximate surface area is 165 Å². The van der Waals surface area contributed by atoms with Crippen LogP contribution in [-0.2, 0) is 23.0 Å². The Morgan fingerprint density at radius 2 is 1.89 bits per heavy atom. The molecule has 0 fully saturated rings. The lowest BCUT2D eigenvalue weighted by Crippen LogP contribution is -2.35. The molecule has 0 N–H and O–H groups in total. The largest absolute Gasteiger partial charge is 0.338 e. The molecule has 1 aliphatic carbocycles. The van der Waals surface area contributed by atoms with Crippen LogP contribution in [0.15, 0.2) is 53.1 Å². The molecule has 1 unspecified atom stereocenters. The maximum atomic E-state index is 12.6. The van der Waals surface area contributed by atoms with Gasteiger partial charge in [-0.25, -0.2) is 8.42 Å². The van der Waals surface area contributed by atoms with E-state index in [1.807, 2.05) is 49.4 Å². The van der Waals surface area contributed by atoms with E-state index in [4.69, 9.17) is 4.52 Å². The first kappa shape index (κ1) is 18.8. The zero-order valence-electron chi connectivity index (χ0n) is 16.0. The van der Waals surface area contributed by atoms with Gasteiger partial charge in [0.1, 0.15) is 0 Å². The first-order chi connectivity index (χ1) is 13.4. The van der Waals surface area contributed by atoms with Gasteiger partial charge in [-0.2, -0.15) is 9.29 Å². The van der Waals surface area contributed by atoms with E-state index in [-0.39, 0.29) is 12.6 Å². The van der Waals surface area contributed by atoms with E-state index in [1.54, 1.807) is 0 Å². The van der Waals surface area contributed by atoms with Crippen LogP contribution in [0, 0.1) is 6.92 Å². The molecule has 1 aromatic heterocycles. The first-order valence-corrected chi connectivity index (χ1v) is 11.2. The molecule has 146 valence electrons. The van der Waals surface area contributed by atoms with Crippen molar-refractivity contribution in [3.8, 4) is 11.4 Å². The fourth-order valence-electron chi connectivity index (χ4n) is 3.76. The number of aryl methyl sites for hydroxylation is 2. The lowest BCUT2D eigenvalue weighted by atomic mass is 9.88. The molecular formula is C21H23N3O3S. The molecule has 0 aliphatic heterocycles. The van der Waals surface area contributed by atoms with Crippen molar-refractivity contribution < 1.29 is 12.9 Å². The van der Waals surface area contributed by atoms with Crippen molar-refractivity contribution in [1.29, 1.82) is 0 Å². The second kappa shape index (κ2) is 7.48. The van der Waals surface area contributed by atoms with Gasteiger partial charge >= 0.3 is 0 Å². The number of fused-ring (bicyclic) bond motifs is 1. The van der Waals surface area contributed by atoms with Gasteiger partial charge in [0, 0.05) is 5.56 Å². The highest BCUT2D eigenvalue weighted by atomic mass is 32.2. The van der Waals surface area contributed by atoms with Crippen molar-refractivity contribution in [3.05, 3.63) is 71.1 Å². The monoisotopic (exact) mass is 397 g/mol. The number of rotatable bonds is 5. The molecule has 4 rings (SSSR count). The van der Waals surface area contributed by atoms with Crippen molar-refractivity contribution in [1.82, 2.24) is 14.4 Å². The standard InChI is InChI=1S/C21H23N3O3S/c1-15-10-12-17(13-11-15)21-22-20(27-23-21)14-24(28(2,25)26)19-9-5-7-16-6-3-4-8-18(16)19/h3-4,6,8,10-13,19H,5,7,9,14H2,1-2H3. The molecule has 0 radical (unpaired) electrons. The van der Waals surface area contributed by atoms with Crippen molar-refractivity contribution in [2.75, 3.05) is 6.26 Å². The minimum absolute atomic E-state index is 0.0662. The average Bonchev–Trinajstić information content (AvgIpc) is 3.14. The Balaban J connectivity index is 1.63. The zero-order valence-corrected chi connectivity index (χ0v) is 16.8. The van der Waals surface area contributed by atoms with E-state index in [9.17, 15) is 8.42 Å². The number of sulfonamides is 1. The SMILES string of the molecule is Cc1ccc(-c2noc(CN(C3CCCc4ccccc43)S(C)(=O)=O)n2)cc1. The molecule has 2 aromatic carbocycles. The summed E-state index contributed by atoms with van der Waals surface area (Å²) in [4.78, 5) is 4.43. The lowest BCUT2D eigenvalue weighted by Gasteiger charge is -2.33. The number of benzene rings is 2. The van der Waals surface area contributed by atoms with Crippen molar-refractivity contribution in [2.24, 2.45) is 0 Å². The predicted molar refractivity (Wildman–Crippen MR) is 107 cm³/mol. The molecule has 0 amide bonds. The van der Waals surface area contributed by atoms with Crippen molar-refractivity contribution in [2.45, 2.75) is 38.8 Å². The second-order valence-corrected chi connectivity index (χ2v) is 9.23. The summed E-state index contributed by atoms with van der Waals surface area (Å²) in [5.41, 5.74) is 4.26. The third-order valence-corrected chi connectivity index (χ3v) is 6.42. The van der Waals surface area contributed by atoms with E-state index in [0.29, 0.717) is 11.7 Å². The molecule has 1 atom stereocenters. The number of hydrogen-bond acceptors (Lipinski definition) is 5. The van der Waals surface area contributed by atoms with Gasteiger partial charge in [-0.3, -0.25) is 0 Å². The third kappa shape index (κ3) is 3.86. The van der Waals surface area contributed by atoms with Crippen LogP contribution >= 0.6 is 0 Å². The summed E-state index contributed by atoms with van der Waals surface area (Å²) >= 11 is 0. The molecule has 0 spiro atoms. The van der Waals surface area contributed by atoms with E-state index in [2.05, 4.69) is 16.2 Å². The molecule has 7 heteroatoms. The van der Waals surface area contributed by atoms with E-state index in [0.717, 1.165) is 36.0 Å². The average molecular weight is 398 g/mol.